The summed E-state index contributed by atoms with van der Waals surface area (Å²) in [7, 11) is -3.84. The first-order valence-corrected chi connectivity index (χ1v) is 9.10. The zero-order valence-corrected chi connectivity index (χ0v) is 13.9. The predicted octanol–water partition coefficient (Wildman–Crippen LogP) is 2.95. The number of ether oxygens (including phenoxy) is 1. The highest BCUT2D eigenvalue weighted by Crippen LogP contribution is 2.58. The lowest BCUT2D eigenvalue weighted by atomic mass is 9.99. The zero-order valence-electron chi connectivity index (χ0n) is 13.1. The summed E-state index contributed by atoms with van der Waals surface area (Å²) < 4.78 is 32.0. The number of benzene rings is 2. The van der Waals surface area contributed by atoms with Crippen LogP contribution in [0.1, 0.15) is 25.5 Å². The van der Waals surface area contributed by atoms with Crippen molar-refractivity contribution < 1.29 is 18.3 Å². The van der Waals surface area contributed by atoms with Crippen LogP contribution in [-0.2, 0) is 14.6 Å². The fraction of sp³-hybridized carbons (Fsp3) is 0.333. The van der Waals surface area contributed by atoms with Gasteiger partial charge in [-0.15, -0.1) is 0 Å². The first kappa shape index (κ1) is 16.2. The largest absolute Gasteiger partial charge is 0.389 e. The average molecular weight is 332 g/mol. The topological polar surface area (TPSA) is 66.9 Å². The maximum atomic E-state index is 13.2. The Balaban J connectivity index is 2.09. The highest BCUT2D eigenvalue weighted by atomic mass is 32.2. The Morgan fingerprint density at radius 1 is 1.00 bits per heavy atom. The van der Waals surface area contributed by atoms with E-state index in [9.17, 15) is 13.5 Å². The Kier molecular flexibility index (Phi) is 4.04. The van der Waals surface area contributed by atoms with Crippen molar-refractivity contribution in [1.82, 2.24) is 0 Å². The predicted molar refractivity (Wildman–Crippen MR) is 87.5 cm³/mol. The summed E-state index contributed by atoms with van der Waals surface area (Å²) in [6.07, 6.45) is -1.77. The first-order valence-electron chi connectivity index (χ1n) is 7.62. The van der Waals surface area contributed by atoms with Gasteiger partial charge in [0.25, 0.3) is 0 Å². The number of epoxide rings is 1. The van der Waals surface area contributed by atoms with Gasteiger partial charge in [-0.25, -0.2) is 8.42 Å². The molecule has 1 saturated heterocycles. The van der Waals surface area contributed by atoms with Crippen molar-refractivity contribution in [2.45, 2.75) is 35.9 Å². The number of rotatable bonds is 5. The second kappa shape index (κ2) is 5.74. The van der Waals surface area contributed by atoms with Gasteiger partial charge < -0.3 is 9.84 Å². The van der Waals surface area contributed by atoms with E-state index in [1.54, 1.807) is 32.0 Å². The summed E-state index contributed by atoms with van der Waals surface area (Å²) in [6.45, 7) is 3.58. The molecule has 1 fully saturated rings. The van der Waals surface area contributed by atoms with E-state index in [0.29, 0.717) is 0 Å². The van der Waals surface area contributed by atoms with Crippen LogP contribution < -0.4 is 0 Å². The van der Waals surface area contributed by atoms with Gasteiger partial charge in [0, 0.05) is 0 Å². The zero-order chi connectivity index (χ0) is 16.7. The Hall–Kier alpha value is -1.69. The lowest BCUT2D eigenvalue weighted by molar-refractivity contribution is 0.0742. The van der Waals surface area contributed by atoms with E-state index in [4.69, 9.17) is 4.74 Å². The minimum atomic E-state index is -3.84. The Morgan fingerprint density at radius 2 is 1.52 bits per heavy atom. The molecule has 1 heterocycles. The van der Waals surface area contributed by atoms with Crippen molar-refractivity contribution in [2.75, 3.05) is 0 Å². The highest BCUT2D eigenvalue weighted by Gasteiger charge is 2.71. The van der Waals surface area contributed by atoms with Crippen molar-refractivity contribution in [2.24, 2.45) is 5.92 Å². The normalized spacial score (nSPS) is 25.3. The van der Waals surface area contributed by atoms with Crippen LogP contribution in [0.5, 0.6) is 0 Å². The van der Waals surface area contributed by atoms with Gasteiger partial charge in [0.05, 0.1) is 4.90 Å². The van der Waals surface area contributed by atoms with Gasteiger partial charge in [-0.1, -0.05) is 62.4 Å². The molecule has 4 nitrogen and oxygen atoms in total. The molecule has 23 heavy (non-hydrogen) atoms. The van der Waals surface area contributed by atoms with Gasteiger partial charge in [0.2, 0.25) is 14.8 Å². The molecule has 2 aromatic rings. The molecule has 3 atom stereocenters. The molecule has 0 saturated carbocycles. The second-order valence-corrected chi connectivity index (χ2v) is 8.25. The third kappa shape index (κ3) is 2.49. The van der Waals surface area contributed by atoms with E-state index in [1.165, 1.54) is 12.1 Å². The van der Waals surface area contributed by atoms with Crippen LogP contribution in [0.25, 0.3) is 0 Å². The average Bonchev–Trinajstić information content (AvgIpc) is 3.33. The van der Waals surface area contributed by atoms with Gasteiger partial charge in [-0.2, -0.15) is 0 Å². The summed E-state index contributed by atoms with van der Waals surface area (Å²) in [5.74, 6) is -0.248. The van der Waals surface area contributed by atoms with E-state index in [1.807, 2.05) is 30.3 Å². The summed E-state index contributed by atoms with van der Waals surface area (Å²) in [5.41, 5.74) is 0.756. The minimum absolute atomic E-state index is 0.165. The maximum Gasteiger partial charge on any atom is 0.230 e. The lowest BCUT2D eigenvalue weighted by Gasteiger charge is -2.23. The summed E-state index contributed by atoms with van der Waals surface area (Å²) in [6, 6.07) is 17.3. The standard InChI is InChI=1S/C18H20O4S/c1-13(2)16(19)18(17(22-18)14-9-5-3-6-10-14)23(20,21)15-11-7-4-8-12-15/h3-13,16-17,19H,1-2H3/t16-,17-,18-/m0/s1. The van der Waals surface area contributed by atoms with Crippen LogP contribution in [-0.4, -0.2) is 24.6 Å². The molecule has 0 amide bonds. The van der Waals surface area contributed by atoms with Crippen molar-refractivity contribution in [1.29, 1.82) is 0 Å². The molecule has 0 radical (unpaired) electrons. The third-order valence-electron chi connectivity index (χ3n) is 4.23. The van der Waals surface area contributed by atoms with Gasteiger partial charge in [-0.05, 0) is 23.6 Å². The molecule has 0 bridgehead atoms. The smallest absolute Gasteiger partial charge is 0.230 e. The van der Waals surface area contributed by atoms with Crippen molar-refractivity contribution in [3.63, 3.8) is 0 Å². The monoisotopic (exact) mass is 332 g/mol. The van der Waals surface area contributed by atoms with E-state index < -0.39 is 27.0 Å². The molecular formula is C18H20O4S. The molecule has 122 valence electrons. The number of aliphatic hydroxyl groups is 1. The minimum Gasteiger partial charge on any atom is -0.389 e. The molecular weight excluding hydrogens is 312 g/mol. The van der Waals surface area contributed by atoms with Crippen LogP contribution >= 0.6 is 0 Å². The van der Waals surface area contributed by atoms with Gasteiger partial charge in [0.15, 0.2) is 0 Å². The summed E-state index contributed by atoms with van der Waals surface area (Å²) in [4.78, 5) is -1.46. The van der Waals surface area contributed by atoms with E-state index in [0.717, 1.165) is 5.56 Å². The number of aliphatic hydroxyl groups excluding tert-OH is 1. The number of sulfone groups is 1. The molecule has 3 rings (SSSR count). The molecule has 0 aliphatic carbocycles. The lowest BCUT2D eigenvalue weighted by Crippen LogP contribution is -2.42. The molecule has 0 spiro atoms. The maximum absolute atomic E-state index is 13.2. The molecule has 1 N–H and O–H groups in total. The first-order chi connectivity index (χ1) is 10.9. The second-order valence-electron chi connectivity index (χ2n) is 6.14. The van der Waals surface area contributed by atoms with Gasteiger partial charge in [-0.3, -0.25) is 0 Å². The van der Waals surface area contributed by atoms with Crippen LogP contribution in [0.2, 0.25) is 0 Å². The van der Waals surface area contributed by atoms with Crippen LogP contribution in [0.15, 0.2) is 65.6 Å². The highest BCUT2D eigenvalue weighted by molar-refractivity contribution is 7.93. The summed E-state index contributed by atoms with van der Waals surface area (Å²) in [5, 5.41) is 10.6. The molecule has 2 aromatic carbocycles. The van der Waals surface area contributed by atoms with E-state index >= 15 is 0 Å². The molecule has 0 aromatic heterocycles. The van der Waals surface area contributed by atoms with E-state index in [-0.39, 0.29) is 10.8 Å². The van der Waals surface area contributed by atoms with Crippen LogP contribution in [0, 0.1) is 5.92 Å². The number of hydrogen-bond acceptors (Lipinski definition) is 4. The van der Waals surface area contributed by atoms with Gasteiger partial charge in [0.1, 0.15) is 12.2 Å². The fourth-order valence-electron chi connectivity index (χ4n) is 2.91. The van der Waals surface area contributed by atoms with Crippen molar-refractivity contribution >= 4 is 9.84 Å². The quantitative estimate of drug-likeness (QED) is 0.855. The molecule has 1 aliphatic heterocycles. The fourth-order valence-corrected chi connectivity index (χ4v) is 5.03. The van der Waals surface area contributed by atoms with E-state index in [2.05, 4.69) is 0 Å². The summed E-state index contributed by atoms with van der Waals surface area (Å²) >= 11 is 0. The van der Waals surface area contributed by atoms with Gasteiger partial charge >= 0.3 is 0 Å². The van der Waals surface area contributed by atoms with Crippen LogP contribution in [0.3, 0.4) is 0 Å². The molecule has 5 heteroatoms. The molecule has 0 unspecified atom stereocenters. The van der Waals surface area contributed by atoms with Crippen LogP contribution in [0.4, 0.5) is 0 Å². The molecule has 1 aliphatic rings. The van der Waals surface area contributed by atoms with Crippen molar-refractivity contribution in [3.05, 3.63) is 66.2 Å². The Bertz CT molecular complexity index is 771. The number of hydrogen-bond donors (Lipinski definition) is 1. The third-order valence-corrected chi connectivity index (χ3v) is 6.51. The SMILES string of the molecule is CC(C)[C@H](O)[C@@]1(S(=O)(=O)c2ccccc2)O[C@H]1c1ccccc1. The Morgan fingerprint density at radius 3 is 2.04 bits per heavy atom. The Labute approximate surface area is 136 Å². The van der Waals surface area contributed by atoms with Crippen molar-refractivity contribution in [3.8, 4) is 0 Å².